The standard InChI is InChI=1S/C67H48F2O13S2/c68-51-13-33-61(34-14-51)83(71,72)63-37-29-59(30-38-63)81-57-25-9-49(10-26-57)66(75-41-42-76-66)47-5-21-55(22-6-47)79-53-17-1-45(2-18-53)65(70)46-3-19-54(20-4-46)80-56-23-7-48(8-24-56)67(77-43-44-78-67)50-11-27-58(28-12-50)82-60-31-39-64(40-32-60)84(73,74)62-35-15-52(69)16-36-62/h1-40H,41-44H2. The third-order valence-corrected chi connectivity index (χ3v) is 17.6. The fourth-order valence-electron chi connectivity index (χ4n) is 9.73. The minimum Gasteiger partial charge on any atom is -0.457 e. The van der Waals surface area contributed by atoms with E-state index in [9.17, 15) is 30.4 Å². The number of hydrogen-bond donors (Lipinski definition) is 0. The molecule has 17 heteroatoms. The van der Waals surface area contributed by atoms with Crippen molar-refractivity contribution >= 4 is 25.5 Å². The number of carbonyl (C=O) groups excluding carboxylic acids is 1. The highest BCUT2D eigenvalue weighted by Gasteiger charge is 2.42. The fourth-order valence-corrected chi connectivity index (χ4v) is 12.2. The van der Waals surface area contributed by atoms with Gasteiger partial charge in [0.2, 0.25) is 31.2 Å². The zero-order chi connectivity index (χ0) is 57.9. The quantitative estimate of drug-likeness (QED) is 0.0591. The molecular formula is C67H48F2O13S2. The van der Waals surface area contributed by atoms with Crippen LogP contribution in [0.15, 0.2) is 262 Å². The zero-order valence-corrected chi connectivity index (χ0v) is 45.9. The second kappa shape index (κ2) is 23.1. The van der Waals surface area contributed by atoms with Gasteiger partial charge in [-0.25, -0.2) is 25.6 Å². The lowest BCUT2D eigenvalue weighted by Crippen LogP contribution is -2.28. The summed E-state index contributed by atoms with van der Waals surface area (Å²) in [6.45, 7) is 1.49. The van der Waals surface area contributed by atoms with Gasteiger partial charge in [-0.2, -0.15) is 0 Å². The van der Waals surface area contributed by atoms with E-state index in [1.165, 1.54) is 48.5 Å². The molecule has 0 saturated carbocycles. The Kier molecular flexibility index (Phi) is 15.2. The van der Waals surface area contributed by atoms with Gasteiger partial charge in [-0.3, -0.25) is 4.79 Å². The molecule has 420 valence electrons. The minimum atomic E-state index is -3.84. The third kappa shape index (κ3) is 11.4. The van der Waals surface area contributed by atoms with Crippen LogP contribution in [0.2, 0.25) is 0 Å². The first-order valence-electron chi connectivity index (χ1n) is 26.4. The number of benzene rings is 10. The molecule has 0 aliphatic carbocycles. The molecule has 0 unspecified atom stereocenters. The Balaban J connectivity index is 0.635. The second-order valence-corrected chi connectivity index (χ2v) is 23.3. The second-order valence-electron chi connectivity index (χ2n) is 19.4. The van der Waals surface area contributed by atoms with Crippen LogP contribution in [0.5, 0.6) is 46.0 Å². The maximum atomic E-state index is 13.6. The van der Waals surface area contributed by atoms with E-state index in [0.717, 1.165) is 46.5 Å². The number of hydrogen-bond acceptors (Lipinski definition) is 13. The molecule has 84 heavy (non-hydrogen) atoms. The van der Waals surface area contributed by atoms with Crippen molar-refractivity contribution in [3.8, 4) is 46.0 Å². The average Bonchev–Trinajstić information content (AvgIpc) is 3.64. The normalized spacial score (nSPS) is 14.6. The molecule has 0 radical (unpaired) electrons. The number of halogens is 2. The van der Waals surface area contributed by atoms with Gasteiger partial charge in [0.1, 0.15) is 57.6 Å². The Bertz CT molecular complexity index is 3900. The van der Waals surface area contributed by atoms with Gasteiger partial charge in [-0.05, 0) is 243 Å². The number of carbonyl (C=O) groups is 1. The van der Waals surface area contributed by atoms with Gasteiger partial charge in [-0.1, -0.05) is 0 Å². The Hall–Kier alpha value is -9.33. The molecule has 2 aliphatic heterocycles. The molecule has 12 rings (SSSR count). The van der Waals surface area contributed by atoms with Crippen molar-refractivity contribution in [1.82, 2.24) is 0 Å². The summed E-state index contributed by atoms with van der Waals surface area (Å²) in [5, 5.41) is 0. The average molecular weight is 1160 g/mol. The molecule has 2 fully saturated rings. The van der Waals surface area contributed by atoms with Crippen molar-refractivity contribution in [3.05, 3.63) is 288 Å². The maximum absolute atomic E-state index is 13.6. The topological polar surface area (TPSA) is 159 Å². The van der Waals surface area contributed by atoms with E-state index in [4.69, 9.17) is 37.9 Å². The van der Waals surface area contributed by atoms with E-state index in [1.54, 1.807) is 97.1 Å². The van der Waals surface area contributed by atoms with Crippen LogP contribution in [-0.4, -0.2) is 49.0 Å². The van der Waals surface area contributed by atoms with Crippen molar-refractivity contribution in [1.29, 1.82) is 0 Å². The molecule has 10 aromatic carbocycles. The summed E-state index contributed by atoms with van der Waals surface area (Å²) in [4.78, 5) is 13.7. The Morgan fingerprint density at radius 3 is 0.714 bits per heavy atom. The molecule has 0 N–H and O–H groups in total. The van der Waals surface area contributed by atoms with Crippen LogP contribution >= 0.6 is 0 Å². The summed E-state index contributed by atoms with van der Waals surface area (Å²) >= 11 is 0. The zero-order valence-electron chi connectivity index (χ0n) is 44.3. The Labute approximate surface area is 482 Å². The lowest BCUT2D eigenvalue weighted by Gasteiger charge is -2.28. The highest BCUT2D eigenvalue weighted by molar-refractivity contribution is 7.91. The summed E-state index contributed by atoms with van der Waals surface area (Å²) in [6.07, 6.45) is 0. The van der Waals surface area contributed by atoms with Crippen LogP contribution < -0.4 is 18.9 Å². The highest BCUT2D eigenvalue weighted by Crippen LogP contribution is 2.42. The lowest BCUT2D eigenvalue weighted by molar-refractivity contribution is -0.130. The van der Waals surface area contributed by atoms with Crippen molar-refractivity contribution in [2.75, 3.05) is 26.4 Å². The van der Waals surface area contributed by atoms with Crippen molar-refractivity contribution in [2.45, 2.75) is 31.2 Å². The summed E-state index contributed by atoms with van der Waals surface area (Å²) in [7, 11) is -7.67. The molecular weight excluding hydrogens is 1110 g/mol. The van der Waals surface area contributed by atoms with E-state index >= 15 is 0 Å². The van der Waals surface area contributed by atoms with Crippen LogP contribution in [0, 0.1) is 11.6 Å². The molecule has 0 aromatic heterocycles. The monoisotopic (exact) mass is 1160 g/mol. The minimum absolute atomic E-state index is 0.0103. The van der Waals surface area contributed by atoms with E-state index in [0.29, 0.717) is 83.6 Å². The predicted octanol–water partition coefficient (Wildman–Crippen LogP) is 14.5. The number of rotatable bonds is 18. The van der Waals surface area contributed by atoms with E-state index in [1.807, 2.05) is 72.8 Å². The Morgan fingerprint density at radius 2 is 0.488 bits per heavy atom. The summed E-state index contributed by atoms with van der Waals surface area (Å²) in [5.41, 5.74) is 3.90. The molecule has 0 amide bonds. The van der Waals surface area contributed by atoms with E-state index in [-0.39, 0.29) is 25.4 Å². The van der Waals surface area contributed by atoms with Gasteiger partial charge in [0.05, 0.1) is 46.0 Å². The first kappa shape index (κ1) is 55.2. The molecule has 10 aromatic rings. The van der Waals surface area contributed by atoms with Crippen LogP contribution in [0.3, 0.4) is 0 Å². The van der Waals surface area contributed by atoms with Crippen LogP contribution in [0.1, 0.15) is 38.2 Å². The highest BCUT2D eigenvalue weighted by atomic mass is 32.2. The van der Waals surface area contributed by atoms with Gasteiger partial charge in [0.15, 0.2) is 5.78 Å². The van der Waals surface area contributed by atoms with Gasteiger partial charge in [0, 0.05) is 33.4 Å². The maximum Gasteiger partial charge on any atom is 0.222 e. The van der Waals surface area contributed by atoms with Gasteiger partial charge in [-0.15, -0.1) is 0 Å². The smallest absolute Gasteiger partial charge is 0.222 e. The third-order valence-electron chi connectivity index (χ3n) is 14.0. The molecule has 0 bridgehead atoms. The molecule has 2 aliphatic rings. The largest absolute Gasteiger partial charge is 0.457 e. The summed E-state index contributed by atoms with van der Waals surface area (Å²) in [5.74, 6) is 0.433. The molecule has 2 heterocycles. The van der Waals surface area contributed by atoms with E-state index < -0.39 is 42.9 Å². The lowest BCUT2D eigenvalue weighted by atomic mass is 9.97. The van der Waals surface area contributed by atoms with Crippen LogP contribution in [0.25, 0.3) is 0 Å². The first-order valence-corrected chi connectivity index (χ1v) is 29.3. The SMILES string of the molecule is O=C(c1ccc(Oc2ccc(C3(c4ccc(Oc5ccc(S(=O)(=O)c6ccc(F)cc6)cc5)cc4)OCCO3)cc2)cc1)c1ccc(Oc2ccc(C3(c4ccc(Oc5ccc(S(=O)(=O)c6ccc(F)cc6)cc5)cc4)OCCO3)cc2)cc1. The summed E-state index contributed by atoms with van der Waals surface area (Å²) < 4.78 is 128. The molecule has 2 saturated heterocycles. The van der Waals surface area contributed by atoms with Crippen LogP contribution in [-0.2, 0) is 50.2 Å². The van der Waals surface area contributed by atoms with E-state index in [2.05, 4.69) is 0 Å². The number of sulfone groups is 2. The summed E-state index contributed by atoms with van der Waals surface area (Å²) in [6, 6.07) is 64.3. The Morgan fingerprint density at radius 1 is 0.298 bits per heavy atom. The van der Waals surface area contributed by atoms with Crippen molar-refractivity contribution in [3.63, 3.8) is 0 Å². The van der Waals surface area contributed by atoms with Gasteiger partial charge >= 0.3 is 0 Å². The van der Waals surface area contributed by atoms with Crippen LogP contribution in [0.4, 0.5) is 8.78 Å². The molecule has 13 nitrogen and oxygen atoms in total. The fraction of sp³-hybridized carbons (Fsp3) is 0.0896. The first-order chi connectivity index (χ1) is 40.7. The molecule has 0 atom stereocenters. The number of ether oxygens (including phenoxy) is 8. The predicted molar refractivity (Wildman–Crippen MR) is 304 cm³/mol. The van der Waals surface area contributed by atoms with Crippen molar-refractivity contribution < 1.29 is 68.3 Å². The van der Waals surface area contributed by atoms with Gasteiger partial charge in [0.25, 0.3) is 0 Å². The number of ketones is 1. The molecule has 0 spiro atoms. The van der Waals surface area contributed by atoms with Gasteiger partial charge < -0.3 is 37.9 Å². The van der Waals surface area contributed by atoms with Crippen molar-refractivity contribution in [2.24, 2.45) is 0 Å².